The van der Waals surface area contributed by atoms with Crippen molar-refractivity contribution in [1.29, 1.82) is 0 Å². The van der Waals surface area contributed by atoms with Crippen LogP contribution in [0.1, 0.15) is 17.5 Å². The van der Waals surface area contributed by atoms with Crippen LogP contribution in [-0.4, -0.2) is 11.5 Å². The first-order valence-electron chi connectivity index (χ1n) is 3.94. The summed E-state index contributed by atoms with van der Waals surface area (Å²) in [6, 6.07) is 2.03. The zero-order chi connectivity index (χ0) is 8.10. The topological polar surface area (TPSA) is 38.9 Å². The third-order valence-corrected chi connectivity index (χ3v) is 1.80. The second kappa shape index (κ2) is 4.09. The van der Waals surface area contributed by atoms with Gasteiger partial charge in [-0.2, -0.15) is 0 Å². The number of hydrogen-bond acceptors (Lipinski definition) is 2. The number of nitrogens with zero attached hydrogens (tertiary/aromatic N) is 1. The third-order valence-electron chi connectivity index (χ3n) is 1.80. The fourth-order valence-electron chi connectivity index (χ4n) is 1.05. The van der Waals surface area contributed by atoms with Gasteiger partial charge in [-0.1, -0.05) is 0 Å². The SMILES string of the molecule is Cc1ccncc1CCCN. The molecule has 0 aliphatic rings. The first kappa shape index (κ1) is 8.21. The van der Waals surface area contributed by atoms with Crippen LogP contribution < -0.4 is 5.73 Å². The summed E-state index contributed by atoms with van der Waals surface area (Å²) in [5, 5.41) is 0. The Morgan fingerprint density at radius 1 is 1.55 bits per heavy atom. The van der Waals surface area contributed by atoms with Crippen LogP contribution in [0.3, 0.4) is 0 Å². The molecule has 0 aliphatic heterocycles. The average molecular weight is 150 g/mol. The van der Waals surface area contributed by atoms with E-state index in [1.54, 1.807) is 0 Å². The van der Waals surface area contributed by atoms with Gasteiger partial charge in [0.25, 0.3) is 0 Å². The van der Waals surface area contributed by atoms with E-state index in [4.69, 9.17) is 5.73 Å². The van der Waals surface area contributed by atoms with Crippen molar-refractivity contribution < 1.29 is 0 Å². The van der Waals surface area contributed by atoms with Gasteiger partial charge in [-0.15, -0.1) is 0 Å². The predicted octanol–water partition coefficient (Wildman–Crippen LogP) is 1.28. The molecule has 0 bridgehead atoms. The quantitative estimate of drug-likeness (QED) is 0.705. The maximum absolute atomic E-state index is 5.41. The van der Waals surface area contributed by atoms with E-state index in [1.165, 1.54) is 11.1 Å². The molecule has 60 valence electrons. The smallest absolute Gasteiger partial charge is 0.0302 e. The second-order valence-corrected chi connectivity index (χ2v) is 2.69. The van der Waals surface area contributed by atoms with Crippen LogP contribution in [0.25, 0.3) is 0 Å². The van der Waals surface area contributed by atoms with Crippen LogP contribution in [0, 0.1) is 6.92 Å². The molecule has 2 nitrogen and oxygen atoms in total. The molecular formula is C9H14N2. The van der Waals surface area contributed by atoms with Gasteiger partial charge in [-0.05, 0) is 43.5 Å². The van der Waals surface area contributed by atoms with Crippen molar-refractivity contribution in [3.8, 4) is 0 Å². The summed E-state index contributed by atoms with van der Waals surface area (Å²) in [4.78, 5) is 4.06. The van der Waals surface area contributed by atoms with Crippen molar-refractivity contribution in [2.45, 2.75) is 19.8 Å². The molecule has 2 heteroatoms. The van der Waals surface area contributed by atoms with Crippen LogP contribution in [-0.2, 0) is 6.42 Å². The highest BCUT2D eigenvalue weighted by Crippen LogP contribution is 2.06. The van der Waals surface area contributed by atoms with E-state index in [0.29, 0.717) is 0 Å². The first-order chi connectivity index (χ1) is 5.34. The number of hydrogen-bond donors (Lipinski definition) is 1. The molecule has 0 aliphatic carbocycles. The van der Waals surface area contributed by atoms with Crippen molar-refractivity contribution >= 4 is 0 Å². The van der Waals surface area contributed by atoms with E-state index in [9.17, 15) is 0 Å². The summed E-state index contributed by atoms with van der Waals surface area (Å²) in [5.74, 6) is 0. The molecule has 0 amide bonds. The predicted molar refractivity (Wildman–Crippen MR) is 46.3 cm³/mol. The lowest BCUT2D eigenvalue weighted by molar-refractivity contribution is 0.823. The maximum atomic E-state index is 5.41. The molecule has 1 aromatic rings. The van der Waals surface area contributed by atoms with Crippen LogP contribution >= 0.6 is 0 Å². The lowest BCUT2D eigenvalue weighted by Gasteiger charge is -2.01. The Morgan fingerprint density at radius 3 is 3.00 bits per heavy atom. The molecule has 0 radical (unpaired) electrons. The van der Waals surface area contributed by atoms with E-state index in [2.05, 4.69) is 11.9 Å². The lowest BCUT2D eigenvalue weighted by atomic mass is 10.1. The minimum atomic E-state index is 0.758. The number of rotatable bonds is 3. The molecule has 1 heterocycles. The molecule has 0 unspecified atom stereocenters. The van der Waals surface area contributed by atoms with Gasteiger partial charge >= 0.3 is 0 Å². The molecule has 0 saturated heterocycles. The Balaban J connectivity index is 2.62. The van der Waals surface area contributed by atoms with Gasteiger partial charge in [-0.25, -0.2) is 0 Å². The Kier molecular flexibility index (Phi) is 3.05. The van der Waals surface area contributed by atoms with Crippen molar-refractivity contribution in [1.82, 2.24) is 4.98 Å². The monoisotopic (exact) mass is 150 g/mol. The summed E-state index contributed by atoms with van der Waals surface area (Å²) in [5.41, 5.74) is 8.04. The van der Waals surface area contributed by atoms with Gasteiger partial charge in [0, 0.05) is 12.4 Å². The molecule has 2 N–H and O–H groups in total. The normalized spacial score (nSPS) is 10.0. The summed E-state index contributed by atoms with van der Waals surface area (Å²) in [6.45, 7) is 2.86. The lowest BCUT2D eigenvalue weighted by Crippen LogP contribution is -2.01. The number of aromatic nitrogens is 1. The summed E-state index contributed by atoms with van der Waals surface area (Å²) >= 11 is 0. The van der Waals surface area contributed by atoms with E-state index < -0.39 is 0 Å². The Bertz CT molecular complexity index is 221. The Morgan fingerprint density at radius 2 is 2.36 bits per heavy atom. The Hall–Kier alpha value is -0.890. The second-order valence-electron chi connectivity index (χ2n) is 2.69. The number of nitrogens with two attached hydrogens (primary N) is 1. The molecule has 0 atom stereocenters. The average Bonchev–Trinajstić information content (AvgIpc) is 2.03. The van der Waals surface area contributed by atoms with E-state index in [0.717, 1.165) is 19.4 Å². The standard InChI is InChI=1S/C9H14N2/c1-8-4-6-11-7-9(8)3-2-5-10/h4,6-7H,2-3,5,10H2,1H3. The highest BCUT2D eigenvalue weighted by atomic mass is 14.6. The molecule has 0 spiro atoms. The largest absolute Gasteiger partial charge is 0.330 e. The fourth-order valence-corrected chi connectivity index (χ4v) is 1.05. The molecule has 0 fully saturated rings. The van der Waals surface area contributed by atoms with Gasteiger partial charge in [0.05, 0.1) is 0 Å². The summed E-state index contributed by atoms with van der Waals surface area (Å²) in [7, 11) is 0. The third kappa shape index (κ3) is 2.31. The summed E-state index contributed by atoms with van der Waals surface area (Å²) < 4.78 is 0. The van der Waals surface area contributed by atoms with Crippen LogP contribution in [0.5, 0.6) is 0 Å². The van der Waals surface area contributed by atoms with E-state index in [1.807, 2.05) is 18.5 Å². The van der Waals surface area contributed by atoms with Crippen molar-refractivity contribution in [3.05, 3.63) is 29.6 Å². The van der Waals surface area contributed by atoms with Crippen LogP contribution in [0.2, 0.25) is 0 Å². The molecule has 1 aromatic heterocycles. The van der Waals surface area contributed by atoms with Crippen LogP contribution in [0.4, 0.5) is 0 Å². The first-order valence-corrected chi connectivity index (χ1v) is 3.94. The number of aryl methyl sites for hydroxylation is 2. The fraction of sp³-hybridized carbons (Fsp3) is 0.444. The van der Waals surface area contributed by atoms with Gasteiger partial charge < -0.3 is 5.73 Å². The van der Waals surface area contributed by atoms with Gasteiger partial charge in [0.2, 0.25) is 0 Å². The highest BCUT2D eigenvalue weighted by molar-refractivity contribution is 5.21. The van der Waals surface area contributed by atoms with E-state index >= 15 is 0 Å². The zero-order valence-corrected chi connectivity index (χ0v) is 6.88. The van der Waals surface area contributed by atoms with Crippen LogP contribution in [0.15, 0.2) is 18.5 Å². The van der Waals surface area contributed by atoms with Crippen molar-refractivity contribution in [3.63, 3.8) is 0 Å². The number of pyridine rings is 1. The minimum Gasteiger partial charge on any atom is -0.330 e. The van der Waals surface area contributed by atoms with Gasteiger partial charge in [-0.3, -0.25) is 4.98 Å². The molecule has 0 saturated carbocycles. The minimum absolute atomic E-state index is 0.758. The Labute approximate surface area is 67.5 Å². The molecule has 11 heavy (non-hydrogen) atoms. The highest BCUT2D eigenvalue weighted by Gasteiger charge is 1.95. The zero-order valence-electron chi connectivity index (χ0n) is 6.88. The molecule has 0 aromatic carbocycles. The van der Waals surface area contributed by atoms with Gasteiger partial charge in [0.15, 0.2) is 0 Å². The summed E-state index contributed by atoms with van der Waals surface area (Å²) in [6.07, 6.45) is 5.84. The van der Waals surface area contributed by atoms with E-state index in [-0.39, 0.29) is 0 Å². The molecular weight excluding hydrogens is 136 g/mol. The molecule has 1 rings (SSSR count). The van der Waals surface area contributed by atoms with Crippen molar-refractivity contribution in [2.24, 2.45) is 5.73 Å². The van der Waals surface area contributed by atoms with Crippen molar-refractivity contribution in [2.75, 3.05) is 6.54 Å². The van der Waals surface area contributed by atoms with Gasteiger partial charge in [0.1, 0.15) is 0 Å². The maximum Gasteiger partial charge on any atom is 0.0302 e.